The van der Waals surface area contributed by atoms with E-state index < -0.39 is 40.2 Å². The molecule has 0 bridgehead atoms. The first-order valence-electron chi connectivity index (χ1n) is 9.65. The van der Waals surface area contributed by atoms with Crippen LogP contribution in [-0.4, -0.2) is 82.3 Å². The van der Waals surface area contributed by atoms with Crippen LogP contribution in [0.5, 0.6) is 0 Å². The predicted octanol–water partition coefficient (Wildman–Crippen LogP) is -0.253. The van der Waals surface area contributed by atoms with E-state index in [4.69, 9.17) is 4.74 Å². The number of carboxylic acid groups (broad SMARTS) is 1. The highest BCUT2D eigenvalue weighted by molar-refractivity contribution is 8.02. The molecule has 1 fully saturated rings. The first kappa shape index (κ1) is 23.2. The third-order valence-corrected chi connectivity index (χ3v) is 7.90. The Morgan fingerprint density at radius 3 is 2.70 bits per heavy atom. The molecule has 1 aromatic heterocycles. The highest BCUT2D eigenvalue weighted by Gasteiger charge is 2.65. The van der Waals surface area contributed by atoms with Crippen LogP contribution in [0.15, 0.2) is 47.3 Å². The number of tetrazole rings is 1. The molecular formula is C19H20N6O6S2. The Kier molecular flexibility index (Phi) is 6.43. The Morgan fingerprint density at radius 1 is 1.36 bits per heavy atom. The Bertz CT molecular complexity index is 1110. The molecule has 3 heterocycles. The second-order valence-electron chi connectivity index (χ2n) is 7.24. The van der Waals surface area contributed by atoms with Gasteiger partial charge < -0.3 is 20.3 Å². The van der Waals surface area contributed by atoms with E-state index in [1.54, 1.807) is 37.4 Å². The number of nitrogens with one attached hydrogen (secondary N) is 1. The van der Waals surface area contributed by atoms with Crippen molar-refractivity contribution in [2.24, 2.45) is 7.05 Å². The first-order chi connectivity index (χ1) is 15.8. The molecule has 0 radical (unpaired) electrons. The standard InChI is InChI=1S/C19H20N6O6S2/c1-24-18(21-22-23-24)32-9-11-8-25-16(30)19(31-2,17(25)33-13(11)15(28)29)20-14(27)12(26)10-6-4-3-5-7-10/h3-8,12-13,17,26H,9H2,1-2H3,(H,20,27)(H,28,29)/t12?,13?,17-,19?/m1/s1. The number of fused-ring (bicyclic) bond motifs is 1. The van der Waals surface area contributed by atoms with Gasteiger partial charge in [0.05, 0.1) is 0 Å². The van der Waals surface area contributed by atoms with E-state index in [9.17, 15) is 24.6 Å². The first-order valence-corrected chi connectivity index (χ1v) is 11.6. The van der Waals surface area contributed by atoms with E-state index in [0.29, 0.717) is 16.3 Å². The molecule has 1 aromatic carbocycles. The van der Waals surface area contributed by atoms with E-state index in [1.165, 1.54) is 34.7 Å². The highest BCUT2D eigenvalue weighted by Crippen LogP contribution is 2.47. The molecule has 2 amide bonds. The molecule has 33 heavy (non-hydrogen) atoms. The van der Waals surface area contributed by atoms with Gasteiger partial charge in [-0.15, -0.1) is 16.9 Å². The minimum Gasteiger partial charge on any atom is -0.480 e. The number of nitrogens with zero attached hydrogens (tertiary/aromatic N) is 5. The second-order valence-corrected chi connectivity index (χ2v) is 9.37. The Morgan fingerprint density at radius 2 is 2.09 bits per heavy atom. The zero-order chi connectivity index (χ0) is 23.8. The van der Waals surface area contributed by atoms with Crippen molar-refractivity contribution in [2.75, 3.05) is 12.9 Å². The second kappa shape index (κ2) is 9.13. The minimum absolute atomic E-state index is 0.244. The number of aliphatic carboxylic acids is 1. The van der Waals surface area contributed by atoms with Gasteiger partial charge in [-0.25, -0.2) is 4.68 Å². The van der Waals surface area contributed by atoms with Crippen molar-refractivity contribution in [1.29, 1.82) is 0 Å². The molecule has 1 saturated heterocycles. The van der Waals surface area contributed by atoms with E-state index in [1.807, 2.05) is 0 Å². The van der Waals surface area contributed by atoms with Gasteiger partial charge in [-0.3, -0.25) is 19.3 Å². The summed E-state index contributed by atoms with van der Waals surface area (Å²) in [7, 11) is 2.91. The maximum atomic E-state index is 13.0. The Balaban J connectivity index is 1.53. The number of methoxy groups -OCH3 is 1. The molecule has 12 nitrogen and oxygen atoms in total. The quantitative estimate of drug-likeness (QED) is 0.253. The zero-order valence-electron chi connectivity index (χ0n) is 17.5. The highest BCUT2D eigenvalue weighted by atomic mass is 32.2. The van der Waals surface area contributed by atoms with Crippen LogP contribution in [-0.2, 0) is 26.2 Å². The lowest BCUT2D eigenvalue weighted by Gasteiger charge is -2.55. The molecule has 0 spiro atoms. The van der Waals surface area contributed by atoms with E-state index >= 15 is 0 Å². The fourth-order valence-corrected chi connectivity index (χ4v) is 5.89. The van der Waals surface area contributed by atoms with Crippen molar-refractivity contribution in [3.05, 3.63) is 47.7 Å². The van der Waals surface area contributed by atoms with Crippen LogP contribution in [0, 0.1) is 0 Å². The molecule has 3 N–H and O–H groups in total. The summed E-state index contributed by atoms with van der Waals surface area (Å²) in [6.45, 7) is 0. The topological polar surface area (TPSA) is 160 Å². The van der Waals surface area contributed by atoms with Crippen LogP contribution in [0.25, 0.3) is 0 Å². The maximum absolute atomic E-state index is 13.0. The number of ether oxygens (including phenoxy) is 1. The molecule has 14 heteroatoms. The summed E-state index contributed by atoms with van der Waals surface area (Å²) in [6.07, 6.45) is -0.0534. The van der Waals surface area contributed by atoms with Crippen molar-refractivity contribution in [3.8, 4) is 0 Å². The molecule has 0 saturated carbocycles. The number of hydrogen-bond donors (Lipinski definition) is 3. The number of amides is 2. The molecule has 2 aliphatic rings. The molecule has 4 rings (SSSR count). The number of hydrogen-bond acceptors (Lipinski definition) is 10. The van der Waals surface area contributed by atoms with Crippen molar-refractivity contribution < 1.29 is 29.3 Å². The van der Waals surface area contributed by atoms with Gasteiger partial charge in [0.25, 0.3) is 17.5 Å². The fourth-order valence-electron chi connectivity index (χ4n) is 3.50. The van der Waals surface area contributed by atoms with Crippen molar-refractivity contribution in [2.45, 2.75) is 27.6 Å². The van der Waals surface area contributed by atoms with Gasteiger partial charge in [0.15, 0.2) is 6.10 Å². The monoisotopic (exact) mass is 492 g/mol. The van der Waals surface area contributed by atoms with Crippen LogP contribution < -0.4 is 5.32 Å². The minimum atomic E-state index is -1.80. The number of aliphatic hydroxyl groups is 1. The van der Waals surface area contributed by atoms with Crippen molar-refractivity contribution in [1.82, 2.24) is 30.4 Å². The lowest BCUT2D eigenvalue weighted by Crippen LogP contribution is -2.80. The lowest BCUT2D eigenvalue weighted by atomic mass is 9.99. The average Bonchev–Trinajstić information content (AvgIpc) is 3.24. The van der Waals surface area contributed by atoms with Gasteiger partial charge >= 0.3 is 5.97 Å². The molecule has 2 aromatic rings. The summed E-state index contributed by atoms with van der Waals surface area (Å²) < 4.78 is 6.85. The number of aliphatic hydroxyl groups excluding tert-OH is 1. The van der Waals surface area contributed by atoms with Gasteiger partial charge in [0.2, 0.25) is 5.16 Å². The summed E-state index contributed by atoms with van der Waals surface area (Å²) in [5.41, 5.74) is -0.971. The summed E-state index contributed by atoms with van der Waals surface area (Å²) in [6, 6.07) is 8.24. The third-order valence-electron chi connectivity index (χ3n) is 5.23. The lowest BCUT2D eigenvalue weighted by molar-refractivity contribution is -0.191. The van der Waals surface area contributed by atoms with Gasteiger partial charge in [-0.1, -0.05) is 42.1 Å². The molecular weight excluding hydrogens is 472 g/mol. The summed E-state index contributed by atoms with van der Waals surface area (Å²) in [4.78, 5) is 39.0. The van der Waals surface area contributed by atoms with Crippen LogP contribution in [0.1, 0.15) is 11.7 Å². The van der Waals surface area contributed by atoms with Gasteiger partial charge in [0.1, 0.15) is 10.6 Å². The van der Waals surface area contributed by atoms with Crippen LogP contribution >= 0.6 is 23.5 Å². The van der Waals surface area contributed by atoms with Crippen LogP contribution in [0.2, 0.25) is 0 Å². The van der Waals surface area contributed by atoms with Gasteiger partial charge in [0, 0.05) is 26.1 Å². The van der Waals surface area contributed by atoms with Crippen LogP contribution in [0.4, 0.5) is 0 Å². The van der Waals surface area contributed by atoms with Crippen molar-refractivity contribution in [3.63, 3.8) is 0 Å². The fraction of sp³-hybridized carbons (Fsp3) is 0.368. The van der Waals surface area contributed by atoms with E-state index in [0.717, 1.165) is 11.8 Å². The number of thioether (sulfide) groups is 2. The number of benzene rings is 1. The molecule has 2 aliphatic heterocycles. The van der Waals surface area contributed by atoms with Crippen molar-refractivity contribution >= 4 is 41.3 Å². The molecule has 4 atom stereocenters. The smallest absolute Gasteiger partial charge is 0.321 e. The average molecular weight is 493 g/mol. The largest absolute Gasteiger partial charge is 0.480 e. The SMILES string of the molecule is COC1(NC(=O)C(O)c2ccccc2)C(=O)N2C=C(CSc3nnnn3C)C(C(=O)O)S[C@@H]21. The molecule has 174 valence electrons. The Labute approximate surface area is 196 Å². The van der Waals surface area contributed by atoms with Gasteiger partial charge in [-0.2, -0.15) is 0 Å². The summed E-state index contributed by atoms with van der Waals surface area (Å²) in [5.74, 6) is -2.25. The molecule has 0 aliphatic carbocycles. The number of aryl methyl sites for hydroxylation is 1. The number of aromatic nitrogens is 4. The summed E-state index contributed by atoms with van der Waals surface area (Å²) in [5, 5.41) is 32.5. The number of carboxylic acids is 1. The normalized spacial score (nSPS) is 25.0. The number of β-lactam (4-membered cyclic amide) rings is 1. The number of carbonyl (C=O) groups is 3. The number of rotatable bonds is 8. The third kappa shape index (κ3) is 4.10. The summed E-state index contributed by atoms with van der Waals surface area (Å²) >= 11 is 2.21. The predicted molar refractivity (Wildman–Crippen MR) is 117 cm³/mol. The van der Waals surface area contributed by atoms with Crippen LogP contribution in [0.3, 0.4) is 0 Å². The zero-order valence-corrected chi connectivity index (χ0v) is 19.1. The van der Waals surface area contributed by atoms with E-state index in [2.05, 4.69) is 20.8 Å². The maximum Gasteiger partial charge on any atom is 0.321 e. The molecule has 3 unspecified atom stereocenters. The van der Waals surface area contributed by atoms with Gasteiger partial charge in [-0.05, 0) is 21.6 Å². The van der Waals surface area contributed by atoms with E-state index in [-0.39, 0.29) is 5.75 Å². The number of carbonyl (C=O) groups excluding carboxylic acids is 2. The Hall–Kier alpha value is -2.94.